The summed E-state index contributed by atoms with van der Waals surface area (Å²) >= 11 is 1.32. The van der Waals surface area contributed by atoms with E-state index in [1.54, 1.807) is 6.07 Å². The van der Waals surface area contributed by atoms with Crippen LogP contribution in [0.4, 0.5) is 0 Å². The van der Waals surface area contributed by atoms with Gasteiger partial charge in [-0.15, -0.1) is 11.3 Å². The van der Waals surface area contributed by atoms with Crippen molar-refractivity contribution in [2.45, 2.75) is 55.9 Å². The van der Waals surface area contributed by atoms with E-state index in [-0.39, 0.29) is 16.6 Å². The average Bonchev–Trinajstić information content (AvgIpc) is 3.01. The SMILES string of the molecule is CCC(C)(C)C1CCC(CN)C(S(=O)(=O)c2cccs2)C1. The van der Waals surface area contributed by atoms with Crippen molar-refractivity contribution >= 4 is 21.2 Å². The Balaban J connectivity index is 2.30. The van der Waals surface area contributed by atoms with Crippen molar-refractivity contribution in [1.82, 2.24) is 0 Å². The standard InChI is InChI=1S/C16H27NO2S2/c1-4-16(2,3)13-8-7-12(11-17)14(10-13)21(18,19)15-6-5-9-20-15/h5-6,9,12-14H,4,7-8,10-11,17H2,1-3H3. The molecule has 2 N–H and O–H groups in total. The second kappa shape index (κ2) is 6.39. The van der Waals surface area contributed by atoms with Gasteiger partial charge in [0, 0.05) is 0 Å². The molecule has 0 aliphatic heterocycles. The number of rotatable bonds is 5. The van der Waals surface area contributed by atoms with Crippen LogP contribution in [0.3, 0.4) is 0 Å². The van der Waals surface area contributed by atoms with Gasteiger partial charge in [0.1, 0.15) is 4.21 Å². The average molecular weight is 330 g/mol. The molecule has 1 heterocycles. The van der Waals surface area contributed by atoms with E-state index in [2.05, 4.69) is 20.8 Å². The van der Waals surface area contributed by atoms with E-state index in [4.69, 9.17) is 5.73 Å². The van der Waals surface area contributed by atoms with Crippen LogP contribution in [0.5, 0.6) is 0 Å². The molecule has 1 aliphatic rings. The lowest BCUT2D eigenvalue weighted by Gasteiger charge is -2.42. The number of sulfone groups is 1. The summed E-state index contributed by atoms with van der Waals surface area (Å²) in [7, 11) is -3.24. The van der Waals surface area contributed by atoms with Crippen molar-refractivity contribution < 1.29 is 8.42 Å². The van der Waals surface area contributed by atoms with Crippen LogP contribution >= 0.6 is 11.3 Å². The third kappa shape index (κ3) is 3.35. The summed E-state index contributed by atoms with van der Waals surface area (Å²) in [5, 5.41) is 1.52. The second-order valence-corrected chi connectivity index (χ2v) is 10.2. The largest absolute Gasteiger partial charge is 0.330 e. The molecule has 5 heteroatoms. The summed E-state index contributed by atoms with van der Waals surface area (Å²) in [6.07, 6.45) is 3.86. The van der Waals surface area contributed by atoms with E-state index in [0.29, 0.717) is 16.7 Å². The lowest BCUT2D eigenvalue weighted by molar-refractivity contribution is 0.132. The minimum Gasteiger partial charge on any atom is -0.330 e. The van der Waals surface area contributed by atoms with Crippen LogP contribution in [0.15, 0.2) is 21.7 Å². The highest BCUT2D eigenvalue weighted by Crippen LogP contribution is 2.45. The first kappa shape index (κ1) is 17.0. The van der Waals surface area contributed by atoms with Gasteiger partial charge in [-0.2, -0.15) is 0 Å². The first-order valence-corrected chi connectivity index (χ1v) is 10.2. The molecule has 1 aromatic heterocycles. The van der Waals surface area contributed by atoms with Gasteiger partial charge < -0.3 is 5.73 Å². The molecule has 0 saturated heterocycles. The molecule has 0 spiro atoms. The summed E-state index contributed by atoms with van der Waals surface area (Å²) in [4.78, 5) is 0. The van der Waals surface area contributed by atoms with Gasteiger partial charge in [-0.1, -0.05) is 33.3 Å². The zero-order valence-corrected chi connectivity index (χ0v) is 14.8. The third-order valence-electron chi connectivity index (χ3n) is 5.42. The molecule has 1 fully saturated rings. The minimum atomic E-state index is -3.24. The highest BCUT2D eigenvalue weighted by molar-refractivity contribution is 7.94. The first-order valence-electron chi connectivity index (χ1n) is 7.80. The van der Waals surface area contributed by atoms with Crippen LogP contribution in [0, 0.1) is 17.3 Å². The molecule has 1 saturated carbocycles. The molecule has 120 valence electrons. The Bertz CT molecular complexity index is 549. The fourth-order valence-electron chi connectivity index (χ4n) is 3.41. The van der Waals surface area contributed by atoms with Crippen molar-refractivity contribution in [3.63, 3.8) is 0 Å². The Morgan fingerprint density at radius 1 is 1.38 bits per heavy atom. The third-order valence-corrected chi connectivity index (χ3v) is 9.14. The molecule has 3 unspecified atom stereocenters. The van der Waals surface area contributed by atoms with E-state index in [0.717, 1.165) is 25.7 Å². The van der Waals surface area contributed by atoms with Crippen LogP contribution < -0.4 is 5.73 Å². The zero-order valence-electron chi connectivity index (χ0n) is 13.2. The summed E-state index contributed by atoms with van der Waals surface area (Å²) in [6, 6.07) is 3.54. The van der Waals surface area contributed by atoms with E-state index >= 15 is 0 Å². The molecule has 1 aromatic rings. The molecule has 3 atom stereocenters. The van der Waals surface area contributed by atoms with Crippen molar-refractivity contribution in [3.8, 4) is 0 Å². The Morgan fingerprint density at radius 3 is 2.62 bits per heavy atom. The Morgan fingerprint density at radius 2 is 2.10 bits per heavy atom. The van der Waals surface area contributed by atoms with E-state index in [1.807, 2.05) is 11.4 Å². The monoisotopic (exact) mass is 329 g/mol. The Hall–Kier alpha value is -0.390. The van der Waals surface area contributed by atoms with Crippen LogP contribution in [0.2, 0.25) is 0 Å². The van der Waals surface area contributed by atoms with Gasteiger partial charge in [0.15, 0.2) is 9.84 Å². The van der Waals surface area contributed by atoms with Gasteiger partial charge in [0.05, 0.1) is 5.25 Å². The molecular formula is C16H27NO2S2. The van der Waals surface area contributed by atoms with Crippen molar-refractivity contribution in [2.24, 2.45) is 23.0 Å². The summed E-state index contributed by atoms with van der Waals surface area (Å²) in [5.74, 6) is 0.561. The predicted octanol–water partition coefficient (Wildman–Crippen LogP) is 3.70. The van der Waals surface area contributed by atoms with Gasteiger partial charge in [-0.3, -0.25) is 0 Å². The maximum absolute atomic E-state index is 12.9. The molecule has 1 aliphatic carbocycles. The van der Waals surface area contributed by atoms with Gasteiger partial charge >= 0.3 is 0 Å². The zero-order chi connectivity index (χ0) is 15.7. The molecule has 0 aromatic carbocycles. The smallest absolute Gasteiger partial charge is 0.190 e. The number of hydrogen-bond acceptors (Lipinski definition) is 4. The lowest BCUT2D eigenvalue weighted by Crippen LogP contribution is -2.42. The maximum Gasteiger partial charge on any atom is 0.190 e. The highest BCUT2D eigenvalue weighted by atomic mass is 32.2. The van der Waals surface area contributed by atoms with E-state index in [1.165, 1.54) is 11.3 Å². The topological polar surface area (TPSA) is 60.2 Å². The molecule has 21 heavy (non-hydrogen) atoms. The Labute approximate surface area is 132 Å². The van der Waals surface area contributed by atoms with Crippen LogP contribution in [0.1, 0.15) is 46.5 Å². The van der Waals surface area contributed by atoms with E-state index < -0.39 is 9.84 Å². The van der Waals surface area contributed by atoms with Crippen molar-refractivity contribution in [3.05, 3.63) is 17.5 Å². The van der Waals surface area contributed by atoms with Gasteiger partial charge in [0.25, 0.3) is 0 Å². The van der Waals surface area contributed by atoms with Crippen molar-refractivity contribution in [2.75, 3.05) is 6.54 Å². The lowest BCUT2D eigenvalue weighted by atomic mass is 9.67. The van der Waals surface area contributed by atoms with Gasteiger partial charge in [0.2, 0.25) is 0 Å². The molecule has 0 bridgehead atoms. The van der Waals surface area contributed by atoms with Crippen LogP contribution in [-0.2, 0) is 9.84 Å². The number of nitrogens with two attached hydrogens (primary N) is 1. The molecule has 0 radical (unpaired) electrons. The molecule has 2 rings (SSSR count). The van der Waals surface area contributed by atoms with Crippen molar-refractivity contribution in [1.29, 1.82) is 0 Å². The number of hydrogen-bond donors (Lipinski definition) is 1. The number of thiophene rings is 1. The predicted molar refractivity (Wildman–Crippen MR) is 89.3 cm³/mol. The van der Waals surface area contributed by atoms with Crippen LogP contribution in [0.25, 0.3) is 0 Å². The summed E-state index contributed by atoms with van der Waals surface area (Å²) < 4.78 is 26.4. The molecular weight excluding hydrogens is 302 g/mol. The normalized spacial score (nSPS) is 27.7. The highest BCUT2D eigenvalue weighted by Gasteiger charge is 2.43. The quantitative estimate of drug-likeness (QED) is 0.896. The maximum atomic E-state index is 12.9. The molecule has 0 amide bonds. The second-order valence-electron chi connectivity index (χ2n) is 6.86. The molecule has 3 nitrogen and oxygen atoms in total. The van der Waals surface area contributed by atoms with Crippen LogP contribution in [-0.4, -0.2) is 20.2 Å². The fourth-order valence-corrected chi connectivity index (χ4v) is 6.74. The fraction of sp³-hybridized carbons (Fsp3) is 0.750. The Kier molecular flexibility index (Phi) is 5.16. The first-order chi connectivity index (χ1) is 9.82. The summed E-state index contributed by atoms with van der Waals surface area (Å²) in [6.45, 7) is 7.18. The summed E-state index contributed by atoms with van der Waals surface area (Å²) in [5.41, 5.74) is 6.07. The van der Waals surface area contributed by atoms with Gasteiger partial charge in [-0.05, 0) is 54.5 Å². The van der Waals surface area contributed by atoms with Gasteiger partial charge in [-0.25, -0.2) is 8.42 Å². The minimum absolute atomic E-state index is 0.0982. The van der Waals surface area contributed by atoms with E-state index in [9.17, 15) is 8.42 Å².